The molecule has 3 rings (SSSR count). The zero-order valence-electron chi connectivity index (χ0n) is 13.0. The Kier molecular flexibility index (Phi) is 5.38. The second kappa shape index (κ2) is 8.11. The van der Waals surface area contributed by atoms with Crippen molar-refractivity contribution in [2.24, 2.45) is 0 Å². The summed E-state index contributed by atoms with van der Waals surface area (Å²) < 4.78 is 5.86. The fraction of sp³-hybridized carbons (Fsp3) is 0.150. The molecule has 0 saturated heterocycles. The van der Waals surface area contributed by atoms with Crippen LogP contribution in [0.2, 0.25) is 0 Å². The van der Waals surface area contributed by atoms with E-state index in [1.54, 1.807) is 0 Å². The van der Waals surface area contributed by atoms with E-state index in [1.807, 2.05) is 60.8 Å². The fourth-order valence-corrected chi connectivity index (χ4v) is 2.34. The molecule has 1 aromatic heterocycles. The third kappa shape index (κ3) is 4.94. The number of pyridine rings is 1. The lowest BCUT2D eigenvalue weighted by molar-refractivity contribution is 0.481. The van der Waals surface area contributed by atoms with Crippen LogP contribution in [0.3, 0.4) is 0 Å². The number of nitrogens with one attached hydrogen (secondary N) is 1. The zero-order chi connectivity index (χ0) is 15.7. The molecule has 0 unspecified atom stereocenters. The summed E-state index contributed by atoms with van der Waals surface area (Å²) in [7, 11) is 0. The lowest BCUT2D eigenvalue weighted by atomic mass is 10.2. The minimum atomic E-state index is 0.818. The van der Waals surface area contributed by atoms with Gasteiger partial charge in [0.15, 0.2) is 0 Å². The number of hydrogen-bond acceptors (Lipinski definition) is 3. The van der Waals surface area contributed by atoms with Crippen LogP contribution in [0.5, 0.6) is 11.5 Å². The van der Waals surface area contributed by atoms with Crippen LogP contribution in [0.1, 0.15) is 11.3 Å². The number of hydrogen-bond donors (Lipinski definition) is 1. The molecule has 3 heteroatoms. The first kappa shape index (κ1) is 15.3. The maximum absolute atomic E-state index is 5.86. The third-order valence-electron chi connectivity index (χ3n) is 3.49. The highest BCUT2D eigenvalue weighted by Gasteiger charge is 1.99. The second-order valence-corrected chi connectivity index (χ2v) is 5.31. The minimum absolute atomic E-state index is 0.818. The van der Waals surface area contributed by atoms with Crippen molar-refractivity contribution in [3.63, 3.8) is 0 Å². The molecule has 0 saturated carbocycles. The molecule has 23 heavy (non-hydrogen) atoms. The summed E-state index contributed by atoms with van der Waals surface area (Å²) >= 11 is 0. The molecule has 0 spiro atoms. The molecule has 0 bridgehead atoms. The molecule has 0 atom stereocenters. The molecule has 2 aromatic carbocycles. The molecule has 0 radical (unpaired) electrons. The van der Waals surface area contributed by atoms with Crippen LogP contribution < -0.4 is 10.1 Å². The molecule has 0 amide bonds. The van der Waals surface area contributed by atoms with Crippen molar-refractivity contribution in [2.75, 3.05) is 6.54 Å². The van der Waals surface area contributed by atoms with E-state index in [0.29, 0.717) is 0 Å². The maximum Gasteiger partial charge on any atom is 0.127 e. The molecular weight excluding hydrogens is 284 g/mol. The van der Waals surface area contributed by atoms with Crippen molar-refractivity contribution in [1.82, 2.24) is 10.3 Å². The zero-order valence-corrected chi connectivity index (χ0v) is 13.0. The normalized spacial score (nSPS) is 10.4. The Balaban J connectivity index is 1.49. The van der Waals surface area contributed by atoms with Gasteiger partial charge in [-0.05, 0) is 42.0 Å². The van der Waals surface area contributed by atoms with Crippen molar-refractivity contribution in [2.45, 2.75) is 13.0 Å². The summed E-state index contributed by atoms with van der Waals surface area (Å²) in [5.41, 5.74) is 2.32. The lowest BCUT2D eigenvalue weighted by Gasteiger charge is -2.08. The molecule has 3 nitrogen and oxygen atoms in total. The van der Waals surface area contributed by atoms with E-state index >= 15 is 0 Å². The first-order chi connectivity index (χ1) is 11.4. The summed E-state index contributed by atoms with van der Waals surface area (Å²) in [6, 6.07) is 24.0. The van der Waals surface area contributed by atoms with E-state index in [-0.39, 0.29) is 0 Å². The topological polar surface area (TPSA) is 34.1 Å². The van der Waals surface area contributed by atoms with Gasteiger partial charge in [-0.3, -0.25) is 4.98 Å². The third-order valence-corrected chi connectivity index (χ3v) is 3.49. The van der Waals surface area contributed by atoms with E-state index in [1.165, 1.54) is 5.56 Å². The van der Waals surface area contributed by atoms with Crippen LogP contribution in [-0.2, 0) is 13.0 Å². The summed E-state index contributed by atoms with van der Waals surface area (Å²) in [5.74, 6) is 1.72. The van der Waals surface area contributed by atoms with Gasteiger partial charge >= 0.3 is 0 Å². The van der Waals surface area contributed by atoms with Gasteiger partial charge in [0, 0.05) is 31.4 Å². The highest BCUT2D eigenvalue weighted by atomic mass is 16.5. The molecular formula is C20H20N2O. The van der Waals surface area contributed by atoms with Gasteiger partial charge in [0.25, 0.3) is 0 Å². The van der Waals surface area contributed by atoms with Crippen molar-refractivity contribution >= 4 is 0 Å². The highest BCUT2D eigenvalue weighted by molar-refractivity contribution is 5.33. The van der Waals surface area contributed by atoms with Gasteiger partial charge < -0.3 is 10.1 Å². The number of rotatable bonds is 7. The number of para-hydroxylation sites is 1. The van der Waals surface area contributed by atoms with Gasteiger partial charge in [-0.1, -0.05) is 36.4 Å². The predicted octanol–water partition coefficient (Wildman–Crippen LogP) is 4.21. The molecule has 0 aliphatic rings. The largest absolute Gasteiger partial charge is 0.457 e. The molecule has 0 aliphatic heterocycles. The first-order valence-electron chi connectivity index (χ1n) is 7.82. The lowest BCUT2D eigenvalue weighted by Crippen LogP contribution is -2.17. The fourth-order valence-electron chi connectivity index (χ4n) is 2.34. The summed E-state index contributed by atoms with van der Waals surface area (Å²) in [5, 5.41) is 3.45. The Morgan fingerprint density at radius 3 is 2.48 bits per heavy atom. The van der Waals surface area contributed by atoms with Crippen LogP contribution in [0.4, 0.5) is 0 Å². The second-order valence-electron chi connectivity index (χ2n) is 5.31. The Morgan fingerprint density at radius 2 is 1.65 bits per heavy atom. The van der Waals surface area contributed by atoms with Crippen molar-refractivity contribution in [3.05, 3.63) is 90.3 Å². The van der Waals surface area contributed by atoms with Crippen LogP contribution in [-0.4, -0.2) is 11.5 Å². The summed E-state index contributed by atoms with van der Waals surface area (Å²) in [4.78, 5) is 4.32. The van der Waals surface area contributed by atoms with Gasteiger partial charge in [-0.25, -0.2) is 0 Å². The summed E-state index contributed by atoms with van der Waals surface area (Å²) in [6.07, 6.45) is 2.76. The highest BCUT2D eigenvalue weighted by Crippen LogP contribution is 2.21. The quantitative estimate of drug-likeness (QED) is 0.664. The molecule has 0 fully saturated rings. The van der Waals surface area contributed by atoms with Crippen LogP contribution in [0.25, 0.3) is 0 Å². The minimum Gasteiger partial charge on any atom is -0.457 e. The average Bonchev–Trinajstić information content (AvgIpc) is 2.61. The Labute approximate surface area is 137 Å². The van der Waals surface area contributed by atoms with E-state index in [2.05, 4.69) is 28.5 Å². The number of nitrogens with zero attached hydrogens (tertiary/aromatic N) is 1. The first-order valence-corrected chi connectivity index (χ1v) is 7.82. The van der Waals surface area contributed by atoms with Crippen LogP contribution in [0.15, 0.2) is 79.0 Å². The van der Waals surface area contributed by atoms with E-state index in [4.69, 9.17) is 4.74 Å². The van der Waals surface area contributed by atoms with Gasteiger partial charge in [0.05, 0.1) is 0 Å². The Morgan fingerprint density at radius 1 is 0.826 bits per heavy atom. The molecule has 116 valence electrons. The van der Waals surface area contributed by atoms with Crippen molar-refractivity contribution in [1.29, 1.82) is 0 Å². The molecule has 3 aromatic rings. The van der Waals surface area contributed by atoms with Gasteiger partial charge in [0.1, 0.15) is 11.5 Å². The maximum atomic E-state index is 5.86. The standard InChI is InChI=1S/C20H20N2O/c1-2-9-19(10-3-1)23-20-11-6-7-17(15-20)16-21-14-12-18-8-4-5-13-22-18/h1-11,13,15,21H,12,14,16H2. The molecule has 1 N–H and O–H groups in total. The van der Waals surface area contributed by atoms with Gasteiger partial charge in [-0.2, -0.15) is 0 Å². The van der Waals surface area contributed by atoms with Gasteiger partial charge in [-0.15, -0.1) is 0 Å². The van der Waals surface area contributed by atoms with Crippen LogP contribution in [0, 0.1) is 0 Å². The van der Waals surface area contributed by atoms with E-state index < -0.39 is 0 Å². The van der Waals surface area contributed by atoms with Gasteiger partial charge in [0.2, 0.25) is 0 Å². The Bertz CT molecular complexity index is 714. The number of ether oxygens (including phenoxy) is 1. The van der Waals surface area contributed by atoms with E-state index in [9.17, 15) is 0 Å². The smallest absolute Gasteiger partial charge is 0.127 e. The predicted molar refractivity (Wildman–Crippen MR) is 92.6 cm³/mol. The Hall–Kier alpha value is -2.65. The van der Waals surface area contributed by atoms with E-state index in [0.717, 1.165) is 36.7 Å². The molecule has 0 aliphatic carbocycles. The van der Waals surface area contributed by atoms with Crippen molar-refractivity contribution in [3.8, 4) is 11.5 Å². The average molecular weight is 304 g/mol. The number of benzene rings is 2. The summed E-state index contributed by atoms with van der Waals surface area (Å²) in [6.45, 7) is 1.72. The van der Waals surface area contributed by atoms with Crippen molar-refractivity contribution < 1.29 is 4.74 Å². The monoisotopic (exact) mass is 304 g/mol. The molecule has 1 heterocycles. The number of aromatic nitrogens is 1. The SMILES string of the molecule is c1ccc(Oc2cccc(CNCCc3ccccn3)c2)cc1. The van der Waals surface area contributed by atoms with Crippen LogP contribution >= 0.6 is 0 Å².